The first-order valence-corrected chi connectivity index (χ1v) is 5.68. The predicted molar refractivity (Wildman–Crippen MR) is 68.0 cm³/mol. The van der Waals surface area contributed by atoms with Crippen molar-refractivity contribution in [2.24, 2.45) is 0 Å². The van der Waals surface area contributed by atoms with Crippen LogP contribution in [-0.2, 0) is 6.54 Å². The van der Waals surface area contributed by atoms with E-state index in [1.54, 1.807) is 11.8 Å². The summed E-state index contributed by atoms with van der Waals surface area (Å²) in [4.78, 5) is 18.1. The van der Waals surface area contributed by atoms with Crippen molar-refractivity contribution in [3.8, 4) is 5.75 Å². The highest BCUT2D eigenvalue weighted by Gasteiger charge is 2.09. The van der Waals surface area contributed by atoms with Crippen molar-refractivity contribution in [1.29, 1.82) is 0 Å². The summed E-state index contributed by atoms with van der Waals surface area (Å²) in [5.41, 5.74) is 1.41. The number of methoxy groups -OCH3 is 1. The van der Waals surface area contributed by atoms with Crippen molar-refractivity contribution >= 4 is 11.2 Å². The summed E-state index contributed by atoms with van der Waals surface area (Å²) in [5, 5.41) is 7.78. The Hall–Kier alpha value is -2.70. The molecule has 7 heteroatoms. The van der Waals surface area contributed by atoms with Crippen LogP contribution < -0.4 is 10.3 Å². The first-order valence-electron chi connectivity index (χ1n) is 5.68. The van der Waals surface area contributed by atoms with E-state index >= 15 is 0 Å². The first-order chi connectivity index (χ1) is 9.28. The minimum absolute atomic E-state index is 0.241. The Labute approximate surface area is 107 Å². The molecule has 0 fully saturated rings. The molecule has 0 saturated carbocycles. The normalized spacial score (nSPS) is 10.8. The highest BCUT2D eigenvalue weighted by molar-refractivity contribution is 5.67. The van der Waals surface area contributed by atoms with Gasteiger partial charge in [-0.25, -0.2) is 9.67 Å². The molecule has 0 spiro atoms. The van der Waals surface area contributed by atoms with Crippen molar-refractivity contribution in [3.63, 3.8) is 0 Å². The number of nitrogens with zero attached hydrogens (tertiary/aromatic N) is 4. The average Bonchev–Trinajstić information content (AvgIpc) is 2.84. The molecule has 0 aliphatic rings. The fourth-order valence-electron chi connectivity index (χ4n) is 1.85. The SMILES string of the molecule is COc1cccc(Cn2nnc3c(=O)[nH]cnc32)c1. The van der Waals surface area contributed by atoms with E-state index in [1.165, 1.54) is 6.33 Å². The van der Waals surface area contributed by atoms with Crippen molar-refractivity contribution in [2.45, 2.75) is 6.54 Å². The number of aromatic amines is 1. The summed E-state index contributed by atoms with van der Waals surface area (Å²) in [6.07, 6.45) is 1.34. The van der Waals surface area contributed by atoms with Crippen LogP contribution in [0.15, 0.2) is 35.4 Å². The summed E-state index contributed by atoms with van der Waals surface area (Å²) in [6.45, 7) is 0.476. The molecule has 0 aliphatic heterocycles. The second-order valence-corrected chi connectivity index (χ2v) is 4.00. The van der Waals surface area contributed by atoms with E-state index in [-0.39, 0.29) is 11.1 Å². The largest absolute Gasteiger partial charge is 0.497 e. The van der Waals surface area contributed by atoms with Crippen molar-refractivity contribution in [2.75, 3.05) is 7.11 Å². The minimum atomic E-state index is -0.290. The molecule has 1 aromatic carbocycles. The topological polar surface area (TPSA) is 85.7 Å². The van der Waals surface area contributed by atoms with E-state index in [0.717, 1.165) is 11.3 Å². The van der Waals surface area contributed by atoms with Gasteiger partial charge in [0, 0.05) is 0 Å². The van der Waals surface area contributed by atoms with Crippen LogP contribution in [0.5, 0.6) is 5.75 Å². The summed E-state index contributed by atoms with van der Waals surface area (Å²) in [5.74, 6) is 0.771. The summed E-state index contributed by atoms with van der Waals surface area (Å²) >= 11 is 0. The fraction of sp³-hybridized carbons (Fsp3) is 0.167. The fourth-order valence-corrected chi connectivity index (χ4v) is 1.85. The maximum absolute atomic E-state index is 11.5. The van der Waals surface area contributed by atoms with E-state index in [4.69, 9.17) is 4.74 Å². The average molecular weight is 257 g/mol. The third-order valence-corrected chi connectivity index (χ3v) is 2.77. The van der Waals surface area contributed by atoms with Crippen LogP contribution in [-0.4, -0.2) is 32.1 Å². The van der Waals surface area contributed by atoms with Gasteiger partial charge in [-0.3, -0.25) is 4.79 Å². The smallest absolute Gasteiger partial charge is 0.280 e. The van der Waals surface area contributed by atoms with Crippen molar-refractivity contribution < 1.29 is 4.74 Å². The molecular formula is C12H11N5O2. The molecule has 96 valence electrons. The Morgan fingerprint density at radius 3 is 3.16 bits per heavy atom. The molecule has 2 aromatic heterocycles. The maximum atomic E-state index is 11.5. The summed E-state index contributed by atoms with van der Waals surface area (Å²) in [6, 6.07) is 7.61. The Morgan fingerprint density at radius 1 is 1.42 bits per heavy atom. The molecule has 0 unspecified atom stereocenters. The monoisotopic (exact) mass is 257 g/mol. The number of hydrogen-bond acceptors (Lipinski definition) is 5. The van der Waals surface area contributed by atoms with Gasteiger partial charge in [0.1, 0.15) is 5.75 Å². The van der Waals surface area contributed by atoms with Gasteiger partial charge in [-0.05, 0) is 17.7 Å². The van der Waals surface area contributed by atoms with Gasteiger partial charge in [0.15, 0.2) is 11.2 Å². The standard InChI is InChI=1S/C12H11N5O2/c1-19-9-4-2-3-8(5-9)6-17-11-10(15-16-17)12(18)14-7-13-11/h2-5,7H,6H2,1H3,(H,13,14,18). The molecule has 3 rings (SSSR count). The van der Waals surface area contributed by atoms with Crippen LogP contribution in [0.25, 0.3) is 11.2 Å². The van der Waals surface area contributed by atoms with Crippen LogP contribution in [0, 0.1) is 0 Å². The molecule has 0 amide bonds. The lowest BCUT2D eigenvalue weighted by Crippen LogP contribution is -2.08. The molecule has 0 saturated heterocycles. The predicted octanol–water partition coefficient (Wildman–Crippen LogP) is 0.571. The van der Waals surface area contributed by atoms with Gasteiger partial charge in [0.2, 0.25) is 0 Å². The molecule has 0 atom stereocenters. The van der Waals surface area contributed by atoms with Crippen LogP contribution in [0.2, 0.25) is 0 Å². The van der Waals surface area contributed by atoms with E-state index in [1.807, 2.05) is 24.3 Å². The molecule has 0 bridgehead atoms. The quantitative estimate of drug-likeness (QED) is 0.741. The van der Waals surface area contributed by atoms with E-state index < -0.39 is 0 Å². The molecular weight excluding hydrogens is 246 g/mol. The van der Waals surface area contributed by atoms with Gasteiger partial charge in [0.25, 0.3) is 5.56 Å². The number of hydrogen-bond donors (Lipinski definition) is 1. The lowest BCUT2D eigenvalue weighted by molar-refractivity contribution is 0.414. The third-order valence-electron chi connectivity index (χ3n) is 2.77. The molecule has 0 radical (unpaired) electrons. The zero-order chi connectivity index (χ0) is 13.2. The second-order valence-electron chi connectivity index (χ2n) is 4.00. The van der Waals surface area contributed by atoms with Crippen molar-refractivity contribution in [1.82, 2.24) is 25.0 Å². The van der Waals surface area contributed by atoms with E-state index in [0.29, 0.717) is 12.2 Å². The van der Waals surface area contributed by atoms with E-state index in [2.05, 4.69) is 20.3 Å². The van der Waals surface area contributed by atoms with Gasteiger partial charge >= 0.3 is 0 Å². The molecule has 3 aromatic rings. The number of H-pyrrole nitrogens is 1. The lowest BCUT2D eigenvalue weighted by atomic mass is 10.2. The zero-order valence-corrected chi connectivity index (χ0v) is 10.2. The van der Waals surface area contributed by atoms with Crippen LogP contribution in [0.1, 0.15) is 5.56 Å². The molecule has 7 nitrogen and oxygen atoms in total. The van der Waals surface area contributed by atoms with Gasteiger partial charge in [-0.15, -0.1) is 5.10 Å². The maximum Gasteiger partial charge on any atom is 0.280 e. The number of rotatable bonds is 3. The van der Waals surface area contributed by atoms with Crippen LogP contribution in [0.4, 0.5) is 0 Å². The van der Waals surface area contributed by atoms with Crippen LogP contribution >= 0.6 is 0 Å². The number of benzene rings is 1. The van der Waals surface area contributed by atoms with Crippen molar-refractivity contribution in [3.05, 3.63) is 46.5 Å². The highest BCUT2D eigenvalue weighted by atomic mass is 16.5. The van der Waals surface area contributed by atoms with Gasteiger partial charge in [-0.2, -0.15) is 0 Å². The number of fused-ring (bicyclic) bond motifs is 1. The van der Waals surface area contributed by atoms with Gasteiger partial charge in [0.05, 0.1) is 20.0 Å². The minimum Gasteiger partial charge on any atom is -0.497 e. The Balaban J connectivity index is 2.01. The Bertz CT molecular complexity index is 777. The van der Waals surface area contributed by atoms with Gasteiger partial charge < -0.3 is 9.72 Å². The number of ether oxygens (including phenoxy) is 1. The summed E-state index contributed by atoms with van der Waals surface area (Å²) in [7, 11) is 1.62. The molecule has 2 heterocycles. The van der Waals surface area contributed by atoms with Crippen LogP contribution in [0.3, 0.4) is 0 Å². The first kappa shape index (κ1) is 11.4. The molecule has 0 aliphatic carbocycles. The highest BCUT2D eigenvalue weighted by Crippen LogP contribution is 2.14. The molecule has 19 heavy (non-hydrogen) atoms. The second kappa shape index (κ2) is 4.52. The summed E-state index contributed by atoms with van der Waals surface area (Å²) < 4.78 is 6.75. The number of aromatic nitrogens is 5. The lowest BCUT2D eigenvalue weighted by Gasteiger charge is -2.04. The zero-order valence-electron chi connectivity index (χ0n) is 10.2. The third kappa shape index (κ3) is 2.05. The Morgan fingerprint density at radius 2 is 2.32 bits per heavy atom. The van der Waals surface area contributed by atoms with Gasteiger partial charge in [-0.1, -0.05) is 17.3 Å². The molecule has 1 N–H and O–H groups in total. The van der Waals surface area contributed by atoms with E-state index in [9.17, 15) is 4.79 Å². The number of nitrogens with one attached hydrogen (secondary N) is 1. The Kier molecular flexibility index (Phi) is 2.71.